The fraction of sp³-hybridized carbons (Fsp3) is 0.143. The summed E-state index contributed by atoms with van der Waals surface area (Å²) in [6.45, 7) is 4.12. The summed E-state index contributed by atoms with van der Waals surface area (Å²) in [6, 6.07) is 16.1. The molecular weight excluding hydrogens is 215 g/mol. The van der Waals surface area contributed by atoms with Crippen molar-refractivity contribution in [3.63, 3.8) is 0 Å². The molecule has 2 heteroatoms. The van der Waals surface area contributed by atoms with Gasteiger partial charge in [-0.1, -0.05) is 24.3 Å². The Hall–Kier alpha value is -1.33. The highest BCUT2D eigenvalue weighted by molar-refractivity contribution is 6.92. The van der Waals surface area contributed by atoms with E-state index in [1.54, 1.807) is 0 Å². The number of ether oxygens (including phenoxy) is 1. The third kappa shape index (κ3) is 3.36. The molecule has 16 heavy (non-hydrogen) atoms. The Morgan fingerprint density at radius 2 is 1.19 bits per heavy atom. The van der Waals surface area contributed by atoms with Gasteiger partial charge in [-0.25, -0.2) is 0 Å². The summed E-state index contributed by atoms with van der Waals surface area (Å²) in [4.78, 5) is 0. The first kappa shape index (κ1) is 12.7. The van der Waals surface area contributed by atoms with Gasteiger partial charge in [-0.3, -0.25) is 0 Å². The molecular formula is C14H14OP. The van der Waals surface area contributed by atoms with Crippen molar-refractivity contribution in [2.45, 2.75) is 13.8 Å². The van der Waals surface area contributed by atoms with E-state index in [0.717, 1.165) is 11.5 Å². The van der Waals surface area contributed by atoms with Gasteiger partial charge >= 0.3 is 0 Å². The lowest BCUT2D eigenvalue weighted by Crippen LogP contribution is -1.84. The Morgan fingerprint density at radius 3 is 1.56 bits per heavy atom. The molecule has 0 aromatic heterocycles. The molecule has 0 heterocycles. The number of aryl methyl sites for hydroxylation is 2. The Morgan fingerprint density at radius 1 is 0.750 bits per heavy atom. The highest BCUT2D eigenvalue weighted by atomic mass is 31.0. The average Bonchev–Trinajstić information content (AvgIpc) is 2.17. The minimum Gasteiger partial charge on any atom is -0.457 e. The predicted molar refractivity (Wildman–Crippen MR) is 69.4 cm³/mol. The maximum absolute atomic E-state index is 5.74. The van der Waals surface area contributed by atoms with Gasteiger partial charge in [0.25, 0.3) is 0 Å². The summed E-state index contributed by atoms with van der Waals surface area (Å²) < 4.78 is 5.74. The zero-order valence-electron chi connectivity index (χ0n) is 9.47. The van der Waals surface area contributed by atoms with Crippen molar-refractivity contribution in [2.75, 3.05) is 0 Å². The zero-order chi connectivity index (χ0) is 10.7. The van der Waals surface area contributed by atoms with Crippen LogP contribution in [0.3, 0.4) is 0 Å². The SMILES string of the molecule is Cc1cccc(Oc2cccc(C)c2)c1.[P]. The second-order valence-corrected chi connectivity index (χ2v) is 3.74. The molecule has 0 aliphatic heterocycles. The fourth-order valence-electron chi connectivity index (χ4n) is 1.49. The van der Waals surface area contributed by atoms with Crippen molar-refractivity contribution in [3.8, 4) is 11.5 Å². The van der Waals surface area contributed by atoms with Crippen LogP contribution in [0.4, 0.5) is 0 Å². The minimum absolute atomic E-state index is 0. The Labute approximate surface area is 100 Å². The molecule has 81 valence electrons. The van der Waals surface area contributed by atoms with Crippen LogP contribution < -0.4 is 4.74 Å². The average molecular weight is 229 g/mol. The summed E-state index contributed by atoms with van der Waals surface area (Å²) in [6.07, 6.45) is 0. The molecule has 2 rings (SSSR count). The first-order valence-corrected chi connectivity index (χ1v) is 5.05. The molecule has 0 aliphatic carbocycles. The van der Waals surface area contributed by atoms with Crippen LogP contribution in [0.15, 0.2) is 48.5 Å². The number of benzene rings is 2. The largest absolute Gasteiger partial charge is 0.457 e. The highest BCUT2D eigenvalue weighted by Crippen LogP contribution is 2.22. The molecule has 0 aliphatic rings. The maximum atomic E-state index is 5.74. The first-order valence-electron chi connectivity index (χ1n) is 5.05. The number of hydrogen-bond donors (Lipinski definition) is 0. The molecule has 0 amide bonds. The van der Waals surface area contributed by atoms with E-state index in [-0.39, 0.29) is 9.90 Å². The minimum atomic E-state index is 0. The molecule has 2 aromatic carbocycles. The van der Waals surface area contributed by atoms with Crippen LogP contribution in [0.5, 0.6) is 11.5 Å². The number of rotatable bonds is 2. The maximum Gasteiger partial charge on any atom is 0.127 e. The molecule has 2 aromatic rings. The highest BCUT2D eigenvalue weighted by Gasteiger charge is 1.96. The smallest absolute Gasteiger partial charge is 0.127 e. The summed E-state index contributed by atoms with van der Waals surface area (Å²) in [5.41, 5.74) is 2.42. The van der Waals surface area contributed by atoms with Gasteiger partial charge in [0.15, 0.2) is 0 Å². The molecule has 0 unspecified atom stereocenters. The van der Waals surface area contributed by atoms with Gasteiger partial charge in [-0.05, 0) is 49.2 Å². The predicted octanol–water partition coefficient (Wildman–Crippen LogP) is 4.96. The normalized spacial score (nSPS) is 9.38. The van der Waals surface area contributed by atoms with Gasteiger partial charge in [0.2, 0.25) is 0 Å². The van der Waals surface area contributed by atoms with E-state index in [2.05, 4.69) is 26.0 Å². The van der Waals surface area contributed by atoms with Gasteiger partial charge < -0.3 is 4.74 Å². The van der Waals surface area contributed by atoms with Crippen molar-refractivity contribution < 1.29 is 4.74 Å². The second-order valence-electron chi connectivity index (χ2n) is 3.74. The van der Waals surface area contributed by atoms with Crippen LogP contribution in [0, 0.1) is 13.8 Å². The number of hydrogen-bond acceptors (Lipinski definition) is 1. The van der Waals surface area contributed by atoms with Gasteiger partial charge in [-0.15, -0.1) is 0 Å². The lowest BCUT2D eigenvalue weighted by atomic mass is 10.2. The van der Waals surface area contributed by atoms with Crippen molar-refractivity contribution in [2.24, 2.45) is 0 Å². The molecule has 3 radical (unpaired) electrons. The summed E-state index contributed by atoms with van der Waals surface area (Å²) in [5.74, 6) is 1.78. The van der Waals surface area contributed by atoms with Crippen LogP contribution in [-0.4, -0.2) is 0 Å². The van der Waals surface area contributed by atoms with Crippen LogP contribution in [0.1, 0.15) is 11.1 Å². The molecule has 0 N–H and O–H groups in total. The van der Waals surface area contributed by atoms with Crippen LogP contribution in [0.2, 0.25) is 0 Å². The topological polar surface area (TPSA) is 9.23 Å². The third-order valence-electron chi connectivity index (χ3n) is 2.21. The zero-order valence-corrected chi connectivity index (χ0v) is 10.4. The van der Waals surface area contributed by atoms with Crippen molar-refractivity contribution in [3.05, 3.63) is 59.7 Å². The van der Waals surface area contributed by atoms with Gasteiger partial charge in [-0.2, -0.15) is 0 Å². The molecule has 1 nitrogen and oxygen atoms in total. The quantitative estimate of drug-likeness (QED) is 0.661. The third-order valence-corrected chi connectivity index (χ3v) is 2.21. The second kappa shape index (κ2) is 5.67. The Bertz CT molecular complexity index is 422. The molecule has 0 atom stereocenters. The van der Waals surface area contributed by atoms with Crippen LogP contribution in [0.25, 0.3) is 0 Å². The molecule has 0 saturated carbocycles. The van der Waals surface area contributed by atoms with Crippen molar-refractivity contribution >= 4 is 9.90 Å². The van der Waals surface area contributed by atoms with E-state index in [1.165, 1.54) is 11.1 Å². The summed E-state index contributed by atoms with van der Waals surface area (Å²) >= 11 is 0. The standard InChI is InChI=1S/C14H14O.P/c1-11-5-3-7-13(9-11)15-14-8-4-6-12(2)10-14;/h3-10H,1-2H3;. The summed E-state index contributed by atoms with van der Waals surface area (Å²) in [7, 11) is 0. The monoisotopic (exact) mass is 229 g/mol. The first-order chi connectivity index (χ1) is 7.24. The molecule has 0 saturated heterocycles. The van der Waals surface area contributed by atoms with Gasteiger partial charge in [0.05, 0.1) is 0 Å². The molecule has 0 spiro atoms. The fourth-order valence-corrected chi connectivity index (χ4v) is 1.49. The van der Waals surface area contributed by atoms with Crippen LogP contribution in [-0.2, 0) is 0 Å². The van der Waals surface area contributed by atoms with E-state index >= 15 is 0 Å². The molecule has 0 fully saturated rings. The van der Waals surface area contributed by atoms with E-state index in [4.69, 9.17) is 4.74 Å². The van der Waals surface area contributed by atoms with Gasteiger partial charge in [0, 0.05) is 9.90 Å². The Balaban J connectivity index is 0.00000128. The van der Waals surface area contributed by atoms with E-state index < -0.39 is 0 Å². The van der Waals surface area contributed by atoms with E-state index in [0.29, 0.717) is 0 Å². The van der Waals surface area contributed by atoms with E-state index in [1.807, 2.05) is 36.4 Å². The molecule has 0 bridgehead atoms. The van der Waals surface area contributed by atoms with Crippen molar-refractivity contribution in [1.29, 1.82) is 0 Å². The Kier molecular flexibility index (Phi) is 4.52. The van der Waals surface area contributed by atoms with Gasteiger partial charge in [0.1, 0.15) is 11.5 Å². The summed E-state index contributed by atoms with van der Waals surface area (Å²) in [5, 5.41) is 0. The van der Waals surface area contributed by atoms with Crippen molar-refractivity contribution in [1.82, 2.24) is 0 Å². The van der Waals surface area contributed by atoms with Crippen LogP contribution >= 0.6 is 9.90 Å². The van der Waals surface area contributed by atoms with E-state index in [9.17, 15) is 0 Å². The lowest BCUT2D eigenvalue weighted by Gasteiger charge is -2.06. The lowest BCUT2D eigenvalue weighted by molar-refractivity contribution is 0.482.